The molecule has 21 heavy (non-hydrogen) atoms. The normalized spacial score (nSPS) is 12.7. The first kappa shape index (κ1) is 14.1. The fourth-order valence-corrected chi connectivity index (χ4v) is 3.43. The van der Waals surface area contributed by atoms with Crippen LogP contribution in [0.25, 0.3) is 10.1 Å². The number of halogens is 2. The lowest BCUT2D eigenvalue weighted by Gasteiger charge is -2.17. The summed E-state index contributed by atoms with van der Waals surface area (Å²) < 4.78 is 28.4. The van der Waals surface area contributed by atoms with E-state index in [1.54, 1.807) is 11.3 Å². The van der Waals surface area contributed by atoms with Gasteiger partial charge in [-0.15, -0.1) is 11.3 Å². The van der Waals surface area contributed by atoms with Crippen molar-refractivity contribution in [3.8, 4) is 0 Å². The van der Waals surface area contributed by atoms with Gasteiger partial charge in [0.25, 0.3) is 0 Å². The first-order valence-electron chi connectivity index (χ1n) is 6.55. The van der Waals surface area contributed by atoms with Crippen molar-refractivity contribution in [1.82, 2.24) is 5.43 Å². The van der Waals surface area contributed by atoms with Gasteiger partial charge >= 0.3 is 0 Å². The van der Waals surface area contributed by atoms with Gasteiger partial charge < -0.3 is 0 Å². The predicted octanol–water partition coefficient (Wildman–Crippen LogP) is 3.93. The van der Waals surface area contributed by atoms with Gasteiger partial charge in [0.05, 0.1) is 6.04 Å². The molecule has 1 heterocycles. The quantitative estimate of drug-likeness (QED) is 0.566. The topological polar surface area (TPSA) is 38.0 Å². The highest BCUT2D eigenvalue weighted by Gasteiger charge is 2.17. The molecule has 0 amide bonds. The first-order chi connectivity index (χ1) is 10.2. The molecule has 3 rings (SSSR count). The number of hydrogen-bond acceptors (Lipinski definition) is 3. The molecule has 2 aromatic carbocycles. The zero-order valence-electron chi connectivity index (χ0n) is 11.1. The molecular formula is C16H14F2N2S. The van der Waals surface area contributed by atoms with Gasteiger partial charge in [-0.1, -0.05) is 18.2 Å². The molecule has 5 heteroatoms. The monoisotopic (exact) mass is 304 g/mol. The summed E-state index contributed by atoms with van der Waals surface area (Å²) in [7, 11) is 0. The van der Waals surface area contributed by atoms with E-state index in [1.165, 1.54) is 10.8 Å². The van der Waals surface area contributed by atoms with Crippen LogP contribution >= 0.6 is 11.3 Å². The Kier molecular flexibility index (Phi) is 3.96. The Morgan fingerprint density at radius 2 is 1.95 bits per heavy atom. The highest BCUT2D eigenvalue weighted by molar-refractivity contribution is 7.17. The molecule has 1 atom stereocenters. The molecule has 0 fully saturated rings. The lowest BCUT2D eigenvalue weighted by Crippen LogP contribution is -2.30. The summed E-state index contributed by atoms with van der Waals surface area (Å²) in [5.74, 6) is 4.62. The first-order valence-corrected chi connectivity index (χ1v) is 7.43. The molecule has 3 N–H and O–H groups in total. The second-order valence-corrected chi connectivity index (χ2v) is 5.76. The Bertz CT molecular complexity index is 770. The number of nitrogens with one attached hydrogen (secondary N) is 1. The van der Waals surface area contributed by atoms with Crippen LogP contribution in [0, 0.1) is 11.6 Å². The van der Waals surface area contributed by atoms with E-state index in [1.807, 2.05) is 29.6 Å². The van der Waals surface area contributed by atoms with Crippen LogP contribution in [0.15, 0.2) is 47.8 Å². The smallest absolute Gasteiger partial charge is 0.128 e. The Labute approximate surface area is 125 Å². The van der Waals surface area contributed by atoms with E-state index in [9.17, 15) is 8.78 Å². The number of nitrogens with two attached hydrogens (primary N) is 1. The van der Waals surface area contributed by atoms with Crippen LogP contribution in [0.5, 0.6) is 0 Å². The summed E-state index contributed by atoms with van der Waals surface area (Å²) in [6.45, 7) is 0. The van der Waals surface area contributed by atoms with E-state index in [0.29, 0.717) is 6.42 Å². The lowest BCUT2D eigenvalue weighted by atomic mass is 9.98. The SMILES string of the molecule is NNC(Cc1csc2ccccc12)c1cc(F)ccc1F. The van der Waals surface area contributed by atoms with E-state index in [2.05, 4.69) is 5.43 Å². The number of thiophene rings is 1. The third-order valence-electron chi connectivity index (χ3n) is 3.52. The van der Waals surface area contributed by atoms with Crippen LogP contribution in [-0.4, -0.2) is 0 Å². The van der Waals surface area contributed by atoms with E-state index < -0.39 is 17.7 Å². The molecule has 0 spiro atoms. The average molecular weight is 304 g/mol. The van der Waals surface area contributed by atoms with E-state index in [4.69, 9.17) is 5.84 Å². The summed E-state index contributed by atoms with van der Waals surface area (Å²) in [5, 5.41) is 3.16. The number of hydrogen-bond donors (Lipinski definition) is 2. The van der Waals surface area contributed by atoms with Crippen molar-refractivity contribution < 1.29 is 8.78 Å². The number of rotatable bonds is 4. The predicted molar refractivity (Wildman–Crippen MR) is 82.0 cm³/mol. The third kappa shape index (κ3) is 2.81. The van der Waals surface area contributed by atoms with Crippen molar-refractivity contribution in [1.29, 1.82) is 0 Å². The Morgan fingerprint density at radius 3 is 2.76 bits per heavy atom. The van der Waals surface area contributed by atoms with Gasteiger partial charge in [0.1, 0.15) is 11.6 Å². The molecule has 3 aromatic rings. The molecular weight excluding hydrogens is 290 g/mol. The van der Waals surface area contributed by atoms with E-state index >= 15 is 0 Å². The summed E-state index contributed by atoms with van der Waals surface area (Å²) >= 11 is 1.63. The van der Waals surface area contributed by atoms with Crippen LogP contribution in [0.2, 0.25) is 0 Å². The second kappa shape index (κ2) is 5.89. The fraction of sp³-hybridized carbons (Fsp3) is 0.125. The Balaban J connectivity index is 1.96. The molecule has 0 bridgehead atoms. The Morgan fingerprint density at radius 1 is 1.14 bits per heavy atom. The summed E-state index contributed by atoms with van der Waals surface area (Å²) in [4.78, 5) is 0. The van der Waals surface area contributed by atoms with E-state index in [0.717, 1.165) is 23.1 Å². The van der Waals surface area contributed by atoms with Crippen molar-refractivity contribution in [3.63, 3.8) is 0 Å². The summed E-state index contributed by atoms with van der Waals surface area (Å²) in [6.07, 6.45) is 0.501. The van der Waals surface area contributed by atoms with Gasteiger partial charge in [-0.25, -0.2) is 8.78 Å². The van der Waals surface area contributed by atoms with Crippen LogP contribution in [-0.2, 0) is 6.42 Å². The standard InChI is InChI=1S/C16H14F2N2S/c17-11-5-6-14(18)13(8-11)15(20-19)7-10-9-21-16-4-2-1-3-12(10)16/h1-6,8-9,15,20H,7,19H2. The minimum atomic E-state index is -0.473. The van der Waals surface area contributed by atoms with Crippen LogP contribution in [0.3, 0.4) is 0 Å². The number of benzene rings is 2. The average Bonchev–Trinajstić information content (AvgIpc) is 2.91. The summed E-state index contributed by atoms with van der Waals surface area (Å²) in [6, 6.07) is 11.0. The van der Waals surface area contributed by atoms with Crippen LogP contribution in [0.1, 0.15) is 17.2 Å². The molecule has 0 saturated carbocycles. The highest BCUT2D eigenvalue weighted by atomic mass is 32.1. The van der Waals surface area contributed by atoms with Crippen molar-refractivity contribution in [2.24, 2.45) is 5.84 Å². The van der Waals surface area contributed by atoms with Crippen molar-refractivity contribution in [2.45, 2.75) is 12.5 Å². The van der Waals surface area contributed by atoms with Gasteiger partial charge in [0, 0.05) is 10.3 Å². The third-order valence-corrected chi connectivity index (χ3v) is 4.53. The maximum atomic E-state index is 13.9. The van der Waals surface area contributed by atoms with Gasteiger partial charge in [-0.05, 0) is 47.0 Å². The molecule has 1 aromatic heterocycles. The molecule has 0 aliphatic rings. The van der Waals surface area contributed by atoms with Crippen LogP contribution in [0.4, 0.5) is 8.78 Å². The lowest BCUT2D eigenvalue weighted by molar-refractivity contribution is 0.503. The van der Waals surface area contributed by atoms with Gasteiger partial charge in [0.2, 0.25) is 0 Å². The largest absolute Gasteiger partial charge is 0.271 e. The highest BCUT2D eigenvalue weighted by Crippen LogP contribution is 2.30. The summed E-state index contributed by atoms with van der Waals surface area (Å²) in [5.41, 5.74) is 3.90. The number of hydrazine groups is 1. The molecule has 1 unspecified atom stereocenters. The van der Waals surface area contributed by atoms with Gasteiger partial charge in [-0.3, -0.25) is 11.3 Å². The minimum Gasteiger partial charge on any atom is -0.271 e. The minimum absolute atomic E-state index is 0.243. The number of fused-ring (bicyclic) bond motifs is 1. The van der Waals surface area contributed by atoms with E-state index in [-0.39, 0.29) is 5.56 Å². The molecule has 0 aliphatic carbocycles. The second-order valence-electron chi connectivity index (χ2n) is 4.85. The molecule has 0 radical (unpaired) electrons. The zero-order valence-corrected chi connectivity index (χ0v) is 12.0. The van der Waals surface area contributed by atoms with Crippen molar-refractivity contribution in [2.75, 3.05) is 0 Å². The maximum Gasteiger partial charge on any atom is 0.128 e. The fourth-order valence-electron chi connectivity index (χ4n) is 2.45. The maximum absolute atomic E-state index is 13.9. The zero-order chi connectivity index (χ0) is 14.8. The van der Waals surface area contributed by atoms with Gasteiger partial charge in [-0.2, -0.15) is 0 Å². The molecule has 2 nitrogen and oxygen atoms in total. The van der Waals surface area contributed by atoms with Crippen molar-refractivity contribution >= 4 is 21.4 Å². The van der Waals surface area contributed by atoms with Crippen LogP contribution < -0.4 is 11.3 Å². The molecule has 108 valence electrons. The van der Waals surface area contributed by atoms with Gasteiger partial charge in [0.15, 0.2) is 0 Å². The molecule has 0 saturated heterocycles. The molecule has 0 aliphatic heterocycles. The van der Waals surface area contributed by atoms with Crippen molar-refractivity contribution in [3.05, 3.63) is 70.6 Å². The Hall–Kier alpha value is -1.82.